The molecule has 0 spiro atoms. The molecule has 4 rings (SSSR count). The van der Waals surface area contributed by atoms with Crippen LogP contribution >= 0.6 is 0 Å². The van der Waals surface area contributed by atoms with Gasteiger partial charge in [-0.2, -0.15) is 5.21 Å². The standard InChI is InChI=1S/C23H24N8O5/c32-19(11-14-5-2-1-3-6-14)26-16(8-9-20(33)34)23(36)31-17(12-15-7-4-10-24-21(15)31)22(35)25-13-18-27-29-30-28-18/h1-7,10,16-17H,8-9,11-13H2,(H,25,35)(H,26,32)(H,33,34)(H,27,28,29,30)/t16-,17-/m0/s1. The number of hydrogen-bond donors (Lipinski definition) is 4. The summed E-state index contributed by atoms with van der Waals surface area (Å²) in [6.45, 7) is -0.00606. The van der Waals surface area contributed by atoms with Crippen LogP contribution in [0.4, 0.5) is 5.82 Å². The lowest BCUT2D eigenvalue weighted by atomic mass is 10.1. The van der Waals surface area contributed by atoms with Crippen LogP contribution in [0.5, 0.6) is 0 Å². The van der Waals surface area contributed by atoms with Gasteiger partial charge < -0.3 is 15.7 Å². The van der Waals surface area contributed by atoms with Crippen molar-refractivity contribution < 1.29 is 24.3 Å². The van der Waals surface area contributed by atoms with Gasteiger partial charge in [0.1, 0.15) is 17.9 Å². The third-order valence-corrected chi connectivity index (χ3v) is 5.66. The Bertz CT molecular complexity index is 1230. The van der Waals surface area contributed by atoms with Crippen molar-refractivity contribution in [3.8, 4) is 0 Å². The zero-order valence-electron chi connectivity index (χ0n) is 19.1. The van der Waals surface area contributed by atoms with Crippen molar-refractivity contribution >= 4 is 29.5 Å². The first-order chi connectivity index (χ1) is 17.4. The summed E-state index contributed by atoms with van der Waals surface area (Å²) in [6.07, 6.45) is 1.22. The van der Waals surface area contributed by atoms with Crippen LogP contribution in [-0.4, -0.2) is 66.5 Å². The number of amides is 3. The number of H-pyrrole nitrogens is 1. The number of fused-ring (bicyclic) bond motifs is 1. The minimum atomic E-state index is -1.17. The molecule has 3 aromatic rings. The molecule has 3 heterocycles. The topological polar surface area (TPSA) is 183 Å². The Balaban J connectivity index is 1.55. The average molecular weight is 492 g/mol. The smallest absolute Gasteiger partial charge is 0.303 e. The quantitative estimate of drug-likeness (QED) is 0.297. The van der Waals surface area contributed by atoms with Crippen molar-refractivity contribution in [1.29, 1.82) is 0 Å². The summed E-state index contributed by atoms with van der Waals surface area (Å²) in [5, 5.41) is 27.8. The van der Waals surface area contributed by atoms with Gasteiger partial charge in [-0.15, -0.1) is 10.2 Å². The van der Waals surface area contributed by atoms with E-state index in [2.05, 4.69) is 36.2 Å². The Morgan fingerprint density at radius 2 is 1.94 bits per heavy atom. The molecule has 0 unspecified atom stereocenters. The lowest BCUT2D eigenvalue weighted by molar-refractivity contribution is -0.138. The lowest BCUT2D eigenvalue weighted by Crippen LogP contribution is -2.55. The molecule has 0 saturated carbocycles. The Labute approximate surface area is 205 Å². The number of aromatic nitrogens is 5. The van der Waals surface area contributed by atoms with Crippen molar-refractivity contribution in [1.82, 2.24) is 36.2 Å². The minimum Gasteiger partial charge on any atom is -0.481 e. The van der Waals surface area contributed by atoms with E-state index in [0.717, 1.165) is 5.56 Å². The number of rotatable bonds is 10. The Morgan fingerprint density at radius 3 is 2.67 bits per heavy atom. The molecule has 0 radical (unpaired) electrons. The van der Waals surface area contributed by atoms with Crippen molar-refractivity contribution in [3.05, 3.63) is 65.6 Å². The zero-order valence-corrected chi connectivity index (χ0v) is 19.1. The van der Waals surface area contributed by atoms with E-state index >= 15 is 0 Å². The fourth-order valence-corrected chi connectivity index (χ4v) is 3.98. The highest BCUT2D eigenvalue weighted by Gasteiger charge is 2.42. The lowest BCUT2D eigenvalue weighted by Gasteiger charge is -2.28. The molecule has 2 atom stereocenters. The second-order valence-corrected chi connectivity index (χ2v) is 8.18. The molecule has 36 heavy (non-hydrogen) atoms. The molecule has 13 nitrogen and oxygen atoms in total. The average Bonchev–Trinajstić information content (AvgIpc) is 3.53. The van der Waals surface area contributed by atoms with Gasteiger partial charge in [0.25, 0.3) is 5.91 Å². The Morgan fingerprint density at radius 1 is 1.14 bits per heavy atom. The summed E-state index contributed by atoms with van der Waals surface area (Å²) in [4.78, 5) is 56.3. The van der Waals surface area contributed by atoms with Crippen molar-refractivity contribution in [2.45, 2.75) is 44.3 Å². The van der Waals surface area contributed by atoms with E-state index in [4.69, 9.17) is 0 Å². The number of anilines is 1. The van der Waals surface area contributed by atoms with Gasteiger partial charge >= 0.3 is 5.97 Å². The molecule has 13 heteroatoms. The van der Waals surface area contributed by atoms with E-state index in [9.17, 15) is 24.3 Å². The van der Waals surface area contributed by atoms with Crippen LogP contribution in [0.3, 0.4) is 0 Å². The van der Waals surface area contributed by atoms with Crippen molar-refractivity contribution in [2.75, 3.05) is 4.90 Å². The van der Waals surface area contributed by atoms with Crippen LogP contribution in [0.25, 0.3) is 0 Å². The first-order valence-electron chi connectivity index (χ1n) is 11.2. The number of aromatic amines is 1. The monoisotopic (exact) mass is 492 g/mol. The summed E-state index contributed by atoms with van der Waals surface area (Å²) in [6, 6.07) is 10.3. The molecule has 1 aromatic carbocycles. The number of carbonyl (C=O) groups excluding carboxylic acids is 3. The molecule has 3 amide bonds. The first-order valence-corrected chi connectivity index (χ1v) is 11.2. The number of tetrazole rings is 1. The Hall–Kier alpha value is -4.68. The van der Waals surface area contributed by atoms with Gasteiger partial charge in [-0.1, -0.05) is 41.6 Å². The summed E-state index contributed by atoms with van der Waals surface area (Å²) in [5.74, 6) is -2.08. The predicted molar refractivity (Wildman–Crippen MR) is 124 cm³/mol. The highest BCUT2D eigenvalue weighted by molar-refractivity contribution is 6.06. The SMILES string of the molecule is O=C(O)CC[C@H](NC(=O)Cc1ccccc1)C(=O)N1c2ncccc2C[C@H]1C(=O)NCc1nn[nH]n1. The van der Waals surface area contributed by atoms with Crippen LogP contribution < -0.4 is 15.5 Å². The van der Waals surface area contributed by atoms with E-state index in [-0.39, 0.29) is 38.1 Å². The number of pyridine rings is 1. The van der Waals surface area contributed by atoms with Gasteiger partial charge in [-0.25, -0.2) is 4.98 Å². The van der Waals surface area contributed by atoms with Crippen LogP contribution in [0.1, 0.15) is 29.8 Å². The van der Waals surface area contributed by atoms with Crippen molar-refractivity contribution in [2.24, 2.45) is 0 Å². The van der Waals surface area contributed by atoms with Crippen LogP contribution in [-0.2, 0) is 38.6 Å². The Kier molecular flexibility index (Phi) is 7.58. The van der Waals surface area contributed by atoms with E-state index in [1.807, 2.05) is 6.07 Å². The molecule has 0 saturated heterocycles. The summed E-state index contributed by atoms with van der Waals surface area (Å²) >= 11 is 0. The van der Waals surface area contributed by atoms with Crippen molar-refractivity contribution in [3.63, 3.8) is 0 Å². The molecule has 4 N–H and O–H groups in total. The molecule has 1 aliphatic rings. The number of benzene rings is 1. The van der Waals surface area contributed by atoms with Gasteiger partial charge in [0.2, 0.25) is 11.8 Å². The number of nitrogens with one attached hydrogen (secondary N) is 3. The maximum absolute atomic E-state index is 13.7. The summed E-state index contributed by atoms with van der Waals surface area (Å²) in [5.41, 5.74) is 1.42. The highest BCUT2D eigenvalue weighted by atomic mass is 16.4. The molecule has 186 valence electrons. The maximum atomic E-state index is 13.7. The van der Waals surface area contributed by atoms with Crippen LogP contribution in [0.2, 0.25) is 0 Å². The zero-order chi connectivity index (χ0) is 25.5. The summed E-state index contributed by atoms with van der Waals surface area (Å²) < 4.78 is 0. The molecular weight excluding hydrogens is 468 g/mol. The van der Waals surface area contributed by atoms with E-state index in [1.165, 1.54) is 11.1 Å². The van der Waals surface area contributed by atoms with Crippen LogP contribution in [0.15, 0.2) is 48.7 Å². The van der Waals surface area contributed by atoms with Gasteiger partial charge in [0.15, 0.2) is 5.82 Å². The summed E-state index contributed by atoms with van der Waals surface area (Å²) in [7, 11) is 0. The fourth-order valence-electron chi connectivity index (χ4n) is 3.98. The number of carbonyl (C=O) groups is 4. The van der Waals surface area contributed by atoms with Gasteiger partial charge in [0, 0.05) is 19.0 Å². The highest BCUT2D eigenvalue weighted by Crippen LogP contribution is 2.31. The maximum Gasteiger partial charge on any atom is 0.303 e. The third-order valence-electron chi connectivity index (χ3n) is 5.66. The minimum absolute atomic E-state index is 0.00606. The second-order valence-electron chi connectivity index (χ2n) is 8.18. The second kappa shape index (κ2) is 11.2. The number of nitrogens with zero attached hydrogens (tertiary/aromatic N) is 5. The molecule has 2 aromatic heterocycles. The van der Waals surface area contributed by atoms with E-state index in [0.29, 0.717) is 11.4 Å². The van der Waals surface area contributed by atoms with Gasteiger partial charge in [0.05, 0.1) is 13.0 Å². The fraction of sp³-hybridized carbons (Fsp3) is 0.304. The largest absolute Gasteiger partial charge is 0.481 e. The normalized spacial score (nSPS) is 15.1. The molecule has 0 fully saturated rings. The molecule has 0 bridgehead atoms. The molecule has 1 aliphatic heterocycles. The van der Waals surface area contributed by atoms with E-state index < -0.39 is 35.8 Å². The number of carboxylic acids is 1. The molecular formula is C23H24N8O5. The number of carboxylic acid groups (broad SMARTS) is 1. The number of hydrogen-bond acceptors (Lipinski definition) is 8. The third kappa shape index (κ3) is 5.87. The molecule has 0 aliphatic carbocycles. The first kappa shape index (κ1) is 24.4. The van der Waals surface area contributed by atoms with Gasteiger partial charge in [-0.3, -0.25) is 24.1 Å². The predicted octanol–water partition coefficient (Wildman–Crippen LogP) is -0.239. The number of aliphatic carboxylic acids is 1. The van der Waals surface area contributed by atoms with E-state index in [1.54, 1.807) is 36.4 Å². The van der Waals surface area contributed by atoms with Gasteiger partial charge in [-0.05, 0) is 23.6 Å². The van der Waals surface area contributed by atoms with Crippen LogP contribution in [0, 0.1) is 0 Å².